The Kier molecular flexibility index (Phi) is 4.69. The zero-order chi connectivity index (χ0) is 17.3. The molecular weight excluding hydrogens is 349 g/mol. The zero-order valence-electron chi connectivity index (χ0n) is 13.1. The van der Waals surface area contributed by atoms with E-state index < -0.39 is 0 Å². The molecule has 0 aliphatic rings. The molecule has 24 heavy (non-hydrogen) atoms. The fourth-order valence-electron chi connectivity index (χ4n) is 2.35. The minimum atomic E-state index is -0.296. The molecule has 0 aliphatic carbocycles. The summed E-state index contributed by atoms with van der Waals surface area (Å²) in [6.07, 6.45) is 4.98. The van der Waals surface area contributed by atoms with Crippen molar-refractivity contribution in [3.8, 4) is 0 Å². The van der Waals surface area contributed by atoms with Gasteiger partial charge in [-0.25, -0.2) is 9.37 Å². The number of benzene rings is 1. The van der Waals surface area contributed by atoms with Crippen molar-refractivity contribution < 1.29 is 9.18 Å². The standard InChI is InChI=1S/C17H15ClFN3OS/c1-11(12-3-5-13(19)6-4-12)21(2)15(23)8-7-14-16(18)20-17-22(14)9-10-24-17/h3-11H,1-2H3/b8-7+. The van der Waals surface area contributed by atoms with Crippen molar-refractivity contribution in [2.24, 2.45) is 0 Å². The Hall–Kier alpha value is -2.18. The van der Waals surface area contributed by atoms with Crippen LogP contribution in [-0.2, 0) is 4.79 Å². The lowest BCUT2D eigenvalue weighted by atomic mass is 10.1. The summed E-state index contributed by atoms with van der Waals surface area (Å²) < 4.78 is 14.8. The van der Waals surface area contributed by atoms with Crippen molar-refractivity contribution in [1.29, 1.82) is 0 Å². The lowest BCUT2D eigenvalue weighted by Crippen LogP contribution is -2.28. The van der Waals surface area contributed by atoms with Crippen molar-refractivity contribution in [1.82, 2.24) is 14.3 Å². The number of aromatic nitrogens is 2. The van der Waals surface area contributed by atoms with Crippen molar-refractivity contribution >= 4 is 39.9 Å². The summed E-state index contributed by atoms with van der Waals surface area (Å²) in [5.41, 5.74) is 1.53. The molecule has 124 valence electrons. The van der Waals surface area contributed by atoms with Crippen LogP contribution in [0.3, 0.4) is 0 Å². The van der Waals surface area contributed by atoms with Crippen LogP contribution in [0.2, 0.25) is 5.15 Å². The van der Waals surface area contributed by atoms with Gasteiger partial charge in [0.15, 0.2) is 10.1 Å². The van der Waals surface area contributed by atoms with Gasteiger partial charge in [-0.2, -0.15) is 0 Å². The number of nitrogens with zero attached hydrogens (tertiary/aromatic N) is 3. The van der Waals surface area contributed by atoms with E-state index in [1.165, 1.54) is 29.5 Å². The minimum Gasteiger partial charge on any atom is -0.335 e. The van der Waals surface area contributed by atoms with Crippen LogP contribution >= 0.6 is 22.9 Å². The van der Waals surface area contributed by atoms with E-state index in [0.29, 0.717) is 10.8 Å². The van der Waals surface area contributed by atoms with Crippen LogP contribution in [0.25, 0.3) is 11.0 Å². The first-order chi connectivity index (χ1) is 11.5. The van der Waals surface area contributed by atoms with Gasteiger partial charge in [-0.15, -0.1) is 11.3 Å². The molecule has 3 aromatic rings. The fraction of sp³-hybridized carbons (Fsp3) is 0.176. The van der Waals surface area contributed by atoms with Gasteiger partial charge in [0.05, 0.1) is 11.7 Å². The molecule has 0 radical (unpaired) electrons. The molecular formula is C17H15ClFN3OS. The molecule has 1 unspecified atom stereocenters. The number of hydrogen-bond donors (Lipinski definition) is 0. The number of rotatable bonds is 4. The molecule has 4 nitrogen and oxygen atoms in total. The summed E-state index contributed by atoms with van der Waals surface area (Å²) >= 11 is 7.58. The van der Waals surface area contributed by atoms with E-state index in [1.54, 1.807) is 30.2 Å². The van der Waals surface area contributed by atoms with E-state index in [-0.39, 0.29) is 17.8 Å². The van der Waals surface area contributed by atoms with Crippen LogP contribution in [0.5, 0.6) is 0 Å². The van der Waals surface area contributed by atoms with Crippen molar-refractivity contribution in [3.05, 3.63) is 64.1 Å². The highest BCUT2D eigenvalue weighted by Crippen LogP contribution is 2.23. The van der Waals surface area contributed by atoms with E-state index in [1.807, 2.05) is 22.9 Å². The first-order valence-corrected chi connectivity index (χ1v) is 8.54. The molecule has 0 saturated carbocycles. The van der Waals surface area contributed by atoms with E-state index in [0.717, 1.165) is 10.5 Å². The Morgan fingerprint density at radius 3 is 2.83 bits per heavy atom. The molecule has 0 fully saturated rings. The van der Waals surface area contributed by atoms with Crippen molar-refractivity contribution in [2.45, 2.75) is 13.0 Å². The zero-order valence-corrected chi connectivity index (χ0v) is 14.7. The Morgan fingerprint density at radius 2 is 2.12 bits per heavy atom. The summed E-state index contributed by atoms with van der Waals surface area (Å²) in [4.78, 5) is 19.0. The third-order valence-electron chi connectivity index (χ3n) is 3.92. The van der Waals surface area contributed by atoms with Crippen LogP contribution in [0, 0.1) is 5.82 Å². The molecule has 0 saturated heterocycles. The second kappa shape index (κ2) is 6.75. The molecule has 1 aromatic carbocycles. The number of carbonyl (C=O) groups excluding carboxylic acids is 1. The van der Waals surface area contributed by atoms with Crippen LogP contribution < -0.4 is 0 Å². The van der Waals surface area contributed by atoms with Crippen molar-refractivity contribution in [3.63, 3.8) is 0 Å². The van der Waals surface area contributed by atoms with E-state index in [2.05, 4.69) is 4.98 Å². The molecule has 0 bridgehead atoms. The van der Waals surface area contributed by atoms with Gasteiger partial charge in [0.25, 0.3) is 0 Å². The monoisotopic (exact) mass is 363 g/mol. The predicted molar refractivity (Wildman–Crippen MR) is 94.7 cm³/mol. The Labute approximate surface area is 147 Å². The number of halogens is 2. The summed E-state index contributed by atoms with van der Waals surface area (Å²) in [6.45, 7) is 1.89. The molecule has 0 spiro atoms. The second-order valence-electron chi connectivity index (χ2n) is 5.35. The SMILES string of the molecule is CC(c1ccc(F)cc1)N(C)C(=O)/C=C/c1c(Cl)nc2sccn12. The average Bonchev–Trinajstić information content (AvgIpc) is 3.12. The van der Waals surface area contributed by atoms with E-state index in [4.69, 9.17) is 11.6 Å². The lowest BCUT2D eigenvalue weighted by Gasteiger charge is -2.24. The van der Waals surface area contributed by atoms with Crippen LogP contribution in [-0.4, -0.2) is 27.2 Å². The van der Waals surface area contributed by atoms with Crippen LogP contribution in [0.15, 0.2) is 41.9 Å². The fourth-order valence-corrected chi connectivity index (χ4v) is 3.35. The van der Waals surface area contributed by atoms with Crippen LogP contribution in [0.1, 0.15) is 24.2 Å². The maximum absolute atomic E-state index is 13.0. The van der Waals surface area contributed by atoms with Gasteiger partial charge >= 0.3 is 0 Å². The third kappa shape index (κ3) is 3.20. The molecule has 0 N–H and O–H groups in total. The summed E-state index contributed by atoms with van der Waals surface area (Å²) in [5.74, 6) is -0.469. The minimum absolute atomic E-state index is 0.173. The first kappa shape index (κ1) is 16.7. The Morgan fingerprint density at radius 1 is 1.42 bits per heavy atom. The molecule has 2 aromatic heterocycles. The highest BCUT2D eigenvalue weighted by Gasteiger charge is 2.16. The molecule has 2 heterocycles. The summed E-state index contributed by atoms with van der Waals surface area (Å²) in [6, 6.07) is 5.95. The Balaban J connectivity index is 1.77. The molecule has 1 atom stereocenters. The van der Waals surface area contributed by atoms with Gasteiger partial charge < -0.3 is 4.90 Å². The smallest absolute Gasteiger partial charge is 0.246 e. The number of amides is 1. The number of hydrogen-bond acceptors (Lipinski definition) is 3. The molecule has 1 amide bonds. The normalized spacial score (nSPS) is 12.8. The van der Waals surface area contributed by atoms with E-state index >= 15 is 0 Å². The highest BCUT2D eigenvalue weighted by molar-refractivity contribution is 7.15. The van der Waals surface area contributed by atoms with Gasteiger partial charge in [-0.3, -0.25) is 9.20 Å². The van der Waals surface area contributed by atoms with Crippen molar-refractivity contribution in [2.75, 3.05) is 7.05 Å². The van der Waals surface area contributed by atoms with Gasteiger partial charge in [-0.1, -0.05) is 23.7 Å². The van der Waals surface area contributed by atoms with Gasteiger partial charge in [0.1, 0.15) is 5.82 Å². The lowest BCUT2D eigenvalue weighted by molar-refractivity contribution is -0.126. The number of fused-ring (bicyclic) bond motifs is 1. The summed E-state index contributed by atoms with van der Waals surface area (Å²) in [7, 11) is 1.71. The first-order valence-electron chi connectivity index (χ1n) is 7.28. The number of imidazole rings is 1. The maximum Gasteiger partial charge on any atom is 0.246 e. The Bertz CT molecular complexity index is 900. The van der Waals surface area contributed by atoms with Gasteiger partial charge in [0, 0.05) is 24.7 Å². The highest BCUT2D eigenvalue weighted by atomic mass is 35.5. The predicted octanol–water partition coefficient (Wildman–Crippen LogP) is 4.42. The number of thiazole rings is 1. The number of carbonyl (C=O) groups is 1. The molecule has 3 rings (SSSR count). The topological polar surface area (TPSA) is 37.6 Å². The second-order valence-corrected chi connectivity index (χ2v) is 6.58. The maximum atomic E-state index is 13.0. The summed E-state index contributed by atoms with van der Waals surface area (Å²) in [5, 5.41) is 2.26. The van der Waals surface area contributed by atoms with E-state index in [9.17, 15) is 9.18 Å². The van der Waals surface area contributed by atoms with Gasteiger partial charge in [-0.05, 0) is 30.7 Å². The number of likely N-dealkylation sites (N-methyl/N-ethyl adjacent to an activating group) is 1. The molecule has 7 heteroatoms. The average molecular weight is 364 g/mol. The van der Waals surface area contributed by atoms with Crippen LogP contribution in [0.4, 0.5) is 4.39 Å². The molecule has 0 aliphatic heterocycles. The quantitative estimate of drug-likeness (QED) is 0.643. The largest absolute Gasteiger partial charge is 0.335 e. The third-order valence-corrected chi connectivity index (χ3v) is 4.95. The van der Waals surface area contributed by atoms with Gasteiger partial charge in [0.2, 0.25) is 5.91 Å².